The molecular formula is C6H9ClN2O3. The zero-order valence-electron chi connectivity index (χ0n) is 6.61. The summed E-state index contributed by atoms with van der Waals surface area (Å²) < 4.78 is 0.567. The third kappa shape index (κ3) is 1.50. The molecule has 12 heavy (non-hydrogen) atoms. The highest BCUT2D eigenvalue weighted by atomic mass is 35.5. The van der Waals surface area contributed by atoms with Crippen LogP contribution < -0.4 is 0 Å². The summed E-state index contributed by atoms with van der Waals surface area (Å²) in [5, 5.41) is 17.6. The number of carboxylic acid groups (broad SMARTS) is 1. The summed E-state index contributed by atoms with van der Waals surface area (Å²) in [6, 6.07) is 0. The lowest BCUT2D eigenvalue weighted by atomic mass is 10.3. The van der Waals surface area contributed by atoms with Crippen LogP contribution in [0.25, 0.3) is 0 Å². The van der Waals surface area contributed by atoms with E-state index in [4.69, 9.17) is 10.3 Å². The van der Waals surface area contributed by atoms with Gasteiger partial charge in [-0.2, -0.15) is 4.73 Å². The SMILES string of the molecule is Cc1nc(C)n(O)c1C(=O)O.Cl. The zero-order valence-corrected chi connectivity index (χ0v) is 7.42. The van der Waals surface area contributed by atoms with Crippen LogP contribution in [-0.2, 0) is 0 Å². The van der Waals surface area contributed by atoms with Crippen molar-refractivity contribution in [2.24, 2.45) is 0 Å². The maximum Gasteiger partial charge on any atom is 0.357 e. The molecule has 0 atom stereocenters. The molecule has 0 fully saturated rings. The third-order valence-electron chi connectivity index (χ3n) is 1.39. The Balaban J connectivity index is 0.00000121. The maximum atomic E-state index is 10.4. The number of hydrogen-bond donors (Lipinski definition) is 2. The molecule has 1 aromatic heterocycles. The van der Waals surface area contributed by atoms with E-state index in [0.717, 1.165) is 0 Å². The molecule has 0 saturated heterocycles. The molecule has 0 aliphatic carbocycles. The van der Waals surface area contributed by atoms with E-state index >= 15 is 0 Å². The molecule has 1 rings (SSSR count). The van der Waals surface area contributed by atoms with Gasteiger partial charge in [0, 0.05) is 0 Å². The van der Waals surface area contributed by atoms with Crippen molar-refractivity contribution in [1.29, 1.82) is 0 Å². The van der Waals surface area contributed by atoms with Crippen LogP contribution in [0, 0.1) is 13.8 Å². The summed E-state index contributed by atoms with van der Waals surface area (Å²) >= 11 is 0. The van der Waals surface area contributed by atoms with Gasteiger partial charge in [0.2, 0.25) is 0 Å². The lowest BCUT2D eigenvalue weighted by Gasteiger charge is -1.95. The average Bonchev–Trinajstić information content (AvgIpc) is 2.07. The second-order valence-corrected chi connectivity index (χ2v) is 2.21. The van der Waals surface area contributed by atoms with Gasteiger partial charge in [0.1, 0.15) is 5.82 Å². The monoisotopic (exact) mass is 192 g/mol. The van der Waals surface area contributed by atoms with Crippen LogP contribution in [0.2, 0.25) is 0 Å². The summed E-state index contributed by atoms with van der Waals surface area (Å²) in [5.41, 5.74) is 0.139. The normalized spacial score (nSPS) is 9.17. The molecule has 0 aliphatic heterocycles. The summed E-state index contributed by atoms with van der Waals surface area (Å²) in [7, 11) is 0. The standard InChI is InChI=1S/C6H8N2O3.ClH/c1-3-5(6(9)10)8(11)4(2)7-3;/h11H,1-2H3,(H,9,10);1H. The second kappa shape index (κ2) is 3.44. The largest absolute Gasteiger partial charge is 0.476 e. The predicted octanol–water partition coefficient (Wildman–Crippen LogP) is 0.857. The molecule has 68 valence electrons. The number of rotatable bonds is 1. The minimum Gasteiger partial charge on any atom is -0.476 e. The number of carboxylic acids is 1. The molecule has 2 N–H and O–H groups in total. The number of carbonyl (C=O) groups is 1. The van der Waals surface area contributed by atoms with E-state index in [9.17, 15) is 4.79 Å². The summed E-state index contributed by atoms with van der Waals surface area (Å²) in [6.07, 6.45) is 0. The topological polar surface area (TPSA) is 75.3 Å². The Morgan fingerprint density at radius 3 is 2.17 bits per heavy atom. The first-order valence-electron chi connectivity index (χ1n) is 3.02. The molecule has 0 amide bonds. The predicted molar refractivity (Wildman–Crippen MR) is 43.1 cm³/mol. The maximum absolute atomic E-state index is 10.4. The molecular weight excluding hydrogens is 184 g/mol. The lowest BCUT2D eigenvalue weighted by Crippen LogP contribution is -2.07. The first-order valence-corrected chi connectivity index (χ1v) is 3.02. The van der Waals surface area contributed by atoms with E-state index in [-0.39, 0.29) is 23.9 Å². The minimum absolute atomic E-state index is 0. The van der Waals surface area contributed by atoms with Gasteiger partial charge in [0.05, 0.1) is 5.69 Å². The van der Waals surface area contributed by atoms with Gasteiger partial charge in [-0.15, -0.1) is 12.4 Å². The van der Waals surface area contributed by atoms with Gasteiger partial charge in [0.15, 0.2) is 5.69 Å². The third-order valence-corrected chi connectivity index (χ3v) is 1.39. The molecule has 0 unspecified atom stereocenters. The number of hydrogen-bond acceptors (Lipinski definition) is 3. The van der Waals surface area contributed by atoms with E-state index in [1.165, 1.54) is 13.8 Å². The Hall–Kier alpha value is -1.23. The molecule has 5 nitrogen and oxygen atoms in total. The van der Waals surface area contributed by atoms with Crippen molar-refractivity contribution in [2.45, 2.75) is 13.8 Å². The summed E-state index contributed by atoms with van der Waals surface area (Å²) in [4.78, 5) is 14.2. The van der Waals surface area contributed by atoms with E-state index in [1.54, 1.807) is 0 Å². The lowest BCUT2D eigenvalue weighted by molar-refractivity contribution is 0.0640. The Labute approximate surface area is 75.0 Å². The molecule has 0 radical (unpaired) electrons. The fraction of sp³-hybridized carbons (Fsp3) is 0.333. The Morgan fingerprint density at radius 1 is 1.50 bits per heavy atom. The zero-order chi connectivity index (χ0) is 8.59. The number of nitrogens with zero attached hydrogens (tertiary/aromatic N) is 2. The van der Waals surface area contributed by atoms with E-state index in [2.05, 4.69) is 4.98 Å². The van der Waals surface area contributed by atoms with Crippen LogP contribution in [0.5, 0.6) is 0 Å². The van der Waals surface area contributed by atoms with Gasteiger partial charge in [0.25, 0.3) is 0 Å². The molecule has 0 aliphatic rings. The summed E-state index contributed by atoms with van der Waals surface area (Å²) in [6.45, 7) is 3.06. The highest BCUT2D eigenvalue weighted by Crippen LogP contribution is 2.07. The quantitative estimate of drug-likeness (QED) is 0.647. The van der Waals surface area contributed by atoms with Crippen LogP contribution in [0.1, 0.15) is 22.0 Å². The van der Waals surface area contributed by atoms with Crippen LogP contribution >= 0.6 is 12.4 Å². The van der Waals surface area contributed by atoms with Gasteiger partial charge in [-0.3, -0.25) is 0 Å². The van der Waals surface area contributed by atoms with Crippen molar-refractivity contribution in [2.75, 3.05) is 0 Å². The highest BCUT2D eigenvalue weighted by Gasteiger charge is 2.16. The number of halogens is 1. The van der Waals surface area contributed by atoms with Gasteiger partial charge in [-0.25, -0.2) is 9.78 Å². The van der Waals surface area contributed by atoms with E-state index in [0.29, 0.717) is 10.4 Å². The van der Waals surface area contributed by atoms with E-state index < -0.39 is 5.97 Å². The fourth-order valence-corrected chi connectivity index (χ4v) is 0.903. The number of aromatic carboxylic acids is 1. The molecule has 0 saturated carbocycles. The first-order chi connectivity index (χ1) is 5.04. The number of imidazole rings is 1. The van der Waals surface area contributed by atoms with Crippen molar-refractivity contribution >= 4 is 18.4 Å². The van der Waals surface area contributed by atoms with Crippen molar-refractivity contribution in [3.8, 4) is 0 Å². The van der Waals surface area contributed by atoms with Crippen LogP contribution in [0.3, 0.4) is 0 Å². The van der Waals surface area contributed by atoms with Crippen LogP contribution in [-0.4, -0.2) is 26.0 Å². The first kappa shape index (κ1) is 10.8. The van der Waals surface area contributed by atoms with Gasteiger partial charge >= 0.3 is 5.97 Å². The Kier molecular flexibility index (Phi) is 3.09. The Morgan fingerprint density at radius 2 is 2.00 bits per heavy atom. The molecule has 1 heterocycles. The number of aromatic nitrogens is 2. The van der Waals surface area contributed by atoms with Crippen molar-refractivity contribution in [1.82, 2.24) is 9.71 Å². The molecule has 0 aromatic carbocycles. The van der Waals surface area contributed by atoms with Crippen LogP contribution in [0.15, 0.2) is 0 Å². The smallest absolute Gasteiger partial charge is 0.357 e. The van der Waals surface area contributed by atoms with Gasteiger partial charge in [-0.1, -0.05) is 0 Å². The van der Waals surface area contributed by atoms with Crippen molar-refractivity contribution < 1.29 is 15.1 Å². The van der Waals surface area contributed by atoms with Crippen molar-refractivity contribution in [3.05, 3.63) is 17.2 Å². The molecule has 6 heteroatoms. The van der Waals surface area contributed by atoms with Crippen LogP contribution in [0.4, 0.5) is 0 Å². The fourth-order valence-electron chi connectivity index (χ4n) is 0.903. The number of aryl methyl sites for hydroxylation is 2. The van der Waals surface area contributed by atoms with Gasteiger partial charge < -0.3 is 10.3 Å². The molecule has 1 aromatic rings. The van der Waals surface area contributed by atoms with Crippen molar-refractivity contribution in [3.63, 3.8) is 0 Å². The molecule has 0 bridgehead atoms. The van der Waals surface area contributed by atoms with E-state index in [1.807, 2.05) is 0 Å². The second-order valence-electron chi connectivity index (χ2n) is 2.21. The minimum atomic E-state index is -1.18. The highest BCUT2D eigenvalue weighted by molar-refractivity contribution is 5.86. The Bertz CT molecular complexity index is 308. The molecule has 0 spiro atoms. The average molecular weight is 193 g/mol. The summed E-state index contributed by atoms with van der Waals surface area (Å²) in [5.74, 6) is -0.898. The van der Waals surface area contributed by atoms with Gasteiger partial charge in [-0.05, 0) is 13.8 Å².